The van der Waals surface area contributed by atoms with Crippen LogP contribution in [-0.2, 0) is 6.54 Å². The highest BCUT2D eigenvalue weighted by molar-refractivity contribution is 5.60. The smallest absolute Gasteiger partial charge is 0.143 e. The van der Waals surface area contributed by atoms with Crippen molar-refractivity contribution in [2.75, 3.05) is 25.0 Å². The van der Waals surface area contributed by atoms with Gasteiger partial charge in [-0.25, -0.2) is 0 Å². The molecule has 0 unspecified atom stereocenters. The third-order valence-corrected chi connectivity index (χ3v) is 3.57. The number of ether oxygens (including phenoxy) is 1. The maximum Gasteiger partial charge on any atom is 0.143 e. The molecule has 0 atom stereocenters. The summed E-state index contributed by atoms with van der Waals surface area (Å²) in [5.74, 6) is 0.948. The van der Waals surface area contributed by atoms with Crippen molar-refractivity contribution in [3.8, 4) is 5.75 Å². The predicted octanol–water partition coefficient (Wildman–Crippen LogP) is 2.15. The number of piperidine rings is 1. The lowest BCUT2D eigenvalue weighted by Crippen LogP contribution is -2.36. The first-order chi connectivity index (χ1) is 9.60. The topological polar surface area (TPSA) is 44.7 Å². The molecule has 1 aromatic carbocycles. The number of nitrogens with one attached hydrogen (secondary N) is 1. The van der Waals surface area contributed by atoms with Crippen LogP contribution in [-0.4, -0.2) is 37.5 Å². The van der Waals surface area contributed by atoms with Gasteiger partial charge in [0.25, 0.3) is 0 Å². The molecule has 4 nitrogen and oxygen atoms in total. The Kier molecular flexibility index (Phi) is 5.26. The fourth-order valence-corrected chi connectivity index (χ4v) is 2.59. The molecule has 2 N–H and O–H groups in total. The number of anilines is 1. The van der Waals surface area contributed by atoms with Crippen LogP contribution in [0.3, 0.4) is 0 Å². The summed E-state index contributed by atoms with van der Waals surface area (Å²) in [7, 11) is 1.95. The van der Waals surface area contributed by atoms with E-state index in [0.717, 1.165) is 43.9 Å². The molecular weight excluding hydrogens is 252 g/mol. The van der Waals surface area contributed by atoms with Crippen molar-refractivity contribution in [1.29, 1.82) is 0 Å². The van der Waals surface area contributed by atoms with Gasteiger partial charge in [-0.05, 0) is 51.4 Å². The van der Waals surface area contributed by atoms with Crippen molar-refractivity contribution in [2.45, 2.75) is 45.4 Å². The predicted molar refractivity (Wildman–Crippen MR) is 82.4 cm³/mol. The lowest BCUT2D eigenvalue weighted by molar-refractivity contribution is 0.145. The maximum atomic E-state index is 9.64. The fourth-order valence-electron chi connectivity index (χ4n) is 2.59. The van der Waals surface area contributed by atoms with Gasteiger partial charge in [0, 0.05) is 19.6 Å². The number of hydrogen-bond acceptors (Lipinski definition) is 4. The SMILES string of the molecule is CNCc1ccc(N2CCC(O)CC2)c(OC(C)C)c1. The Hall–Kier alpha value is -1.26. The number of aliphatic hydroxyl groups is 1. The van der Waals surface area contributed by atoms with E-state index in [4.69, 9.17) is 4.74 Å². The molecule has 0 bridgehead atoms. The van der Waals surface area contributed by atoms with E-state index in [0.29, 0.717) is 0 Å². The zero-order valence-electron chi connectivity index (χ0n) is 12.7. The molecule has 1 aromatic rings. The van der Waals surface area contributed by atoms with E-state index in [1.165, 1.54) is 5.56 Å². The first kappa shape index (κ1) is 15.1. The van der Waals surface area contributed by atoms with Crippen LogP contribution in [0.4, 0.5) is 5.69 Å². The van der Waals surface area contributed by atoms with Crippen LogP contribution in [0, 0.1) is 0 Å². The summed E-state index contributed by atoms with van der Waals surface area (Å²) >= 11 is 0. The average molecular weight is 278 g/mol. The van der Waals surface area contributed by atoms with Crippen molar-refractivity contribution in [2.24, 2.45) is 0 Å². The Morgan fingerprint density at radius 1 is 1.35 bits per heavy atom. The van der Waals surface area contributed by atoms with Gasteiger partial charge in [-0.3, -0.25) is 0 Å². The second-order valence-electron chi connectivity index (χ2n) is 5.72. The van der Waals surface area contributed by atoms with Crippen molar-refractivity contribution >= 4 is 5.69 Å². The van der Waals surface area contributed by atoms with Crippen LogP contribution in [0.5, 0.6) is 5.75 Å². The van der Waals surface area contributed by atoms with Gasteiger partial charge in [0.1, 0.15) is 5.75 Å². The highest BCUT2D eigenvalue weighted by atomic mass is 16.5. The molecular formula is C16H26N2O2. The number of aliphatic hydroxyl groups excluding tert-OH is 1. The molecule has 0 aromatic heterocycles. The first-order valence-corrected chi connectivity index (χ1v) is 7.47. The van der Waals surface area contributed by atoms with Gasteiger partial charge in [-0.1, -0.05) is 6.07 Å². The Bertz CT molecular complexity index is 426. The van der Waals surface area contributed by atoms with E-state index < -0.39 is 0 Å². The molecule has 4 heteroatoms. The number of hydrogen-bond donors (Lipinski definition) is 2. The van der Waals surface area contributed by atoms with Crippen LogP contribution in [0.15, 0.2) is 18.2 Å². The molecule has 0 saturated carbocycles. The minimum atomic E-state index is -0.149. The summed E-state index contributed by atoms with van der Waals surface area (Å²) in [4.78, 5) is 2.31. The molecule has 1 aliphatic heterocycles. The van der Waals surface area contributed by atoms with Gasteiger partial charge < -0.3 is 20.1 Å². The van der Waals surface area contributed by atoms with Gasteiger partial charge >= 0.3 is 0 Å². The molecule has 0 spiro atoms. The van der Waals surface area contributed by atoms with Gasteiger partial charge in [-0.15, -0.1) is 0 Å². The van der Waals surface area contributed by atoms with Crippen LogP contribution >= 0.6 is 0 Å². The lowest BCUT2D eigenvalue weighted by Gasteiger charge is -2.33. The monoisotopic (exact) mass is 278 g/mol. The molecule has 0 aliphatic carbocycles. The highest BCUT2D eigenvalue weighted by Gasteiger charge is 2.20. The van der Waals surface area contributed by atoms with Crippen molar-refractivity contribution in [1.82, 2.24) is 5.32 Å². The number of nitrogens with zero attached hydrogens (tertiary/aromatic N) is 1. The Morgan fingerprint density at radius 2 is 2.05 bits per heavy atom. The van der Waals surface area contributed by atoms with Crippen molar-refractivity contribution < 1.29 is 9.84 Å². The molecule has 0 radical (unpaired) electrons. The maximum absolute atomic E-state index is 9.64. The van der Waals surface area contributed by atoms with Crippen LogP contribution in [0.2, 0.25) is 0 Å². The summed E-state index contributed by atoms with van der Waals surface area (Å²) in [5.41, 5.74) is 2.37. The Labute approximate surface area is 121 Å². The largest absolute Gasteiger partial charge is 0.489 e. The second-order valence-corrected chi connectivity index (χ2v) is 5.72. The standard InChI is InChI=1S/C16H26N2O2/c1-12(2)20-16-10-13(11-17-3)4-5-15(16)18-8-6-14(19)7-9-18/h4-5,10,12,14,17,19H,6-9,11H2,1-3H3. The quantitative estimate of drug-likeness (QED) is 0.866. The van der Waals surface area contributed by atoms with E-state index in [1.54, 1.807) is 0 Å². The molecule has 1 saturated heterocycles. The number of benzene rings is 1. The summed E-state index contributed by atoms with van der Waals surface area (Å²) in [5, 5.41) is 12.8. The third-order valence-electron chi connectivity index (χ3n) is 3.57. The molecule has 20 heavy (non-hydrogen) atoms. The van der Waals surface area contributed by atoms with Gasteiger partial charge in [0.15, 0.2) is 0 Å². The summed E-state index contributed by atoms with van der Waals surface area (Å²) in [6.07, 6.45) is 1.68. The summed E-state index contributed by atoms with van der Waals surface area (Å²) in [6, 6.07) is 6.41. The fraction of sp³-hybridized carbons (Fsp3) is 0.625. The molecule has 0 amide bonds. The van der Waals surface area contributed by atoms with Crippen LogP contribution in [0.25, 0.3) is 0 Å². The van der Waals surface area contributed by atoms with Crippen LogP contribution in [0.1, 0.15) is 32.3 Å². The van der Waals surface area contributed by atoms with Crippen molar-refractivity contribution in [3.05, 3.63) is 23.8 Å². The van der Waals surface area contributed by atoms with E-state index in [9.17, 15) is 5.11 Å². The third kappa shape index (κ3) is 3.87. The molecule has 1 heterocycles. The average Bonchev–Trinajstić information content (AvgIpc) is 2.40. The molecule has 2 rings (SSSR count). The van der Waals surface area contributed by atoms with Crippen molar-refractivity contribution in [3.63, 3.8) is 0 Å². The van der Waals surface area contributed by atoms with Crippen LogP contribution < -0.4 is 15.0 Å². The van der Waals surface area contributed by atoms with E-state index in [1.807, 2.05) is 7.05 Å². The Balaban J connectivity index is 2.21. The summed E-state index contributed by atoms with van der Waals surface area (Å²) < 4.78 is 5.98. The van der Waals surface area contributed by atoms with Gasteiger partial charge in [-0.2, -0.15) is 0 Å². The zero-order chi connectivity index (χ0) is 14.5. The van der Waals surface area contributed by atoms with E-state index in [2.05, 4.69) is 42.3 Å². The minimum absolute atomic E-state index is 0.149. The van der Waals surface area contributed by atoms with E-state index in [-0.39, 0.29) is 12.2 Å². The van der Waals surface area contributed by atoms with Gasteiger partial charge in [0.2, 0.25) is 0 Å². The molecule has 1 fully saturated rings. The highest BCUT2D eigenvalue weighted by Crippen LogP contribution is 2.32. The number of rotatable bonds is 5. The van der Waals surface area contributed by atoms with E-state index >= 15 is 0 Å². The Morgan fingerprint density at radius 3 is 2.65 bits per heavy atom. The molecule has 1 aliphatic rings. The zero-order valence-corrected chi connectivity index (χ0v) is 12.7. The minimum Gasteiger partial charge on any atom is -0.489 e. The van der Waals surface area contributed by atoms with Gasteiger partial charge in [0.05, 0.1) is 17.9 Å². The second kappa shape index (κ2) is 6.95. The lowest BCUT2D eigenvalue weighted by atomic mass is 10.1. The summed E-state index contributed by atoms with van der Waals surface area (Å²) in [6.45, 7) is 6.72. The first-order valence-electron chi connectivity index (χ1n) is 7.47. The normalized spacial score (nSPS) is 16.8. The molecule has 112 valence electrons.